The van der Waals surface area contributed by atoms with Crippen molar-refractivity contribution >= 4 is 35.6 Å². The minimum absolute atomic E-state index is 0. The zero-order valence-corrected chi connectivity index (χ0v) is 16.8. The zero-order valence-electron chi connectivity index (χ0n) is 14.5. The lowest BCUT2D eigenvalue weighted by molar-refractivity contribution is 0.378. The van der Waals surface area contributed by atoms with E-state index in [1.54, 1.807) is 7.11 Å². The maximum atomic E-state index is 5.98. The molecule has 3 N–H and O–H groups in total. The summed E-state index contributed by atoms with van der Waals surface area (Å²) in [5.41, 5.74) is 8.24. The van der Waals surface area contributed by atoms with Gasteiger partial charge in [-0.15, -0.1) is 24.0 Å². The number of hydrogen-bond donors (Lipinski definition) is 2. The number of aliphatic imine (C=N–C) groups is 1. The van der Waals surface area contributed by atoms with Crippen LogP contribution in [-0.2, 0) is 6.42 Å². The average molecular weight is 439 g/mol. The molecule has 0 aromatic heterocycles. The van der Waals surface area contributed by atoms with Crippen molar-refractivity contribution in [1.82, 2.24) is 0 Å². The van der Waals surface area contributed by atoms with Crippen LogP contribution in [0.2, 0.25) is 0 Å². The molecule has 5 heteroatoms. The van der Waals surface area contributed by atoms with Crippen LogP contribution in [-0.4, -0.2) is 19.6 Å². The summed E-state index contributed by atoms with van der Waals surface area (Å²) in [5.74, 6) is 1.24. The Hall–Kier alpha value is -1.76. The Labute approximate surface area is 161 Å². The van der Waals surface area contributed by atoms with Gasteiger partial charge in [-0.25, -0.2) is 0 Å². The highest BCUT2D eigenvalue weighted by Gasteiger charge is 2.18. The van der Waals surface area contributed by atoms with Gasteiger partial charge in [-0.1, -0.05) is 44.2 Å². The molecular formula is C19H26IN3O. The molecule has 0 saturated heterocycles. The molecule has 2 rings (SSSR count). The summed E-state index contributed by atoms with van der Waals surface area (Å²) >= 11 is 0. The van der Waals surface area contributed by atoms with E-state index >= 15 is 0 Å². The number of methoxy groups -OCH3 is 1. The Bertz CT molecular complexity index is 639. The fourth-order valence-electron chi connectivity index (χ4n) is 2.37. The first-order chi connectivity index (χ1) is 11.0. The number of nitrogens with zero attached hydrogens (tertiary/aromatic N) is 1. The molecule has 2 aromatic rings. The number of anilines is 1. The van der Waals surface area contributed by atoms with E-state index in [9.17, 15) is 0 Å². The van der Waals surface area contributed by atoms with Crippen molar-refractivity contribution in [2.24, 2.45) is 16.1 Å². The van der Waals surface area contributed by atoms with Crippen molar-refractivity contribution < 1.29 is 4.74 Å². The maximum Gasteiger partial charge on any atom is 0.193 e. The van der Waals surface area contributed by atoms with E-state index in [0.29, 0.717) is 12.5 Å². The third-order valence-corrected chi connectivity index (χ3v) is 3.57. The minimum Gasteiger partial charge on any atom is -0.497 e. The summed E-state index contributed by atoms with van der Waals surface area (Å²) < 4.78 is 5.13. The van der Waals surface area contributed by atoms with Crippen LogP contribution in [0, 0.1) is 5.41 Å². The third-order valence-electron chi connectivity index (χ3n) is 3.57. The molecule has 0 aliphatic rings. The van der Waals surface area contributed by atoms with Gasteiger partial charge in [0.05, 0.1) is 7.11 Å². The molecule has 0 unspecified atom stereocenters. The topological polar surface area (TPSA) is 59.6 Å². The van der Waals surface area contributed by atoms with Gasteiger partial charge in [-0.3, -0.25) is 4.99 Å². The van der Waals surface area contributed by atoms with Crippen LogP contribution < -0.4 is 15.8 Å². The first-order valence-corrected chi connectivity index (χ1v) is 7.73. The van der Waals surface area contributed by atoms with E-state index in [-0.39, 0.29) is 29.4 Å². The normalized spacial score (nSPS) is 11.5. The van der Waals surface area contributed by atoms with Gasteiger partial charge in [-0.2, -0.15) is 0 Å². The van der Waals surface area contributed by atoms with Crippen molar-refractivity contribution in [1.29, 1.82) is 0 Å². The second-order valence-corrected chi connectivity index (χ2v) is 6.38. The van der Waals surface area contributed by atoms with Crippen molar-refractivity contribution in [3.05, 3.63) is 60.2 Å². The maximum absolute atomic E-state index is 5.98. The molecular weight excluding hydrogens is 413 g/mol. The number of guanidine groups is 1. The standard InChI is InChI=1S/C19H25N3O.HI/c1-19(2,13-15-7-5-4-6-8-15)14-21-18(20)22-16-9-11-17(23-3)12-10-16;/h4-12H,13-14H2,1-3H3,(H3,20,21,22);1H. The van der Waals surface area contributed by atoms with Gasteiger partial charge in [0.15, 0.2) is 5.96 Å². The van der Waals surface area contributed by atoms with Crippen molar-refractivity contribution in [2.45, 2.75) is 20.3 Å². The molecule has 0 fully saturated rings. The zero-order chi connectivity index (χ0) is 16.7. The minimum atomic E-state index is 0. The van der Waals surface area contributed by atoms with E-state index in [4.69, 9.17) is 10.5 Å². The number of benzene rings is 2. The van der Waals surface area contributed by atoms with Gasteiger partial charge < -0.3 is 15.8 Å². The molecule has 0 aliphatic carbocycles. The number of ether oxygens (including phenoxy) is 1. The highest BCUT2D eigenvalue weighted by molar-refractivity contribution is 14.0. The van der Waals surface area contributed by atoms with Crippen LogP contribution in [0.4, 0.5) is 5.69 Å². The summed E-state index contributed by atoms with van der Waals surface area (Å²) in [6, 6.07) is 18.0. The summed E-state index contributed by atoms with van der Waals surface area (Å²) in [7, 11) is 1.65. The first kappa shape index (κ1) is 20.3. The number of nitrogens with two attached hydrogens (primary N) is 1. The summed E-state index contributed by atoms with van der Waals surface area (Å²) in [5, 5.41) is 3.10. The Kier molecular flexibility index (Phi) is 8.04. The molecule has 0 atom stereocenters. The molecule has 4 nitrogen and oxygen atoms in total. The second-order valence-electron chi connectivity index (χ2n) is 6.38. The Morgan fingerprint density at radius 2 is 1.71 bits per heavy atom. The van der Waals surface area contributed by atoms with Gasteiger partial charge in [0.25, 0.3) is 0 Å². The van der Waals surface area contributed by atoms with Crippen molar-refractivity contribution in [3.63, 3.8) is 0 Å². The molecule has 24 heavy (non-hydrogen) atoms. The quantitative estimate of drug-likeness (QED) is 0.401. The molecule has 0 aliphatic heterocycles. The van der Waals surface area contributed by atoms with Crippen molar-refractivity contribution in [2.75, 3.05) is 19.0 Å². The van der Waals surface area contributed by atoms with Crippen LogP contribution in [0.1, 0.15) is 19.4 Å². The van der Waals surface area contributed by atoms with Crippen LogP contribution in [0.3, 0.4) is 0 Å². The van der Waals surface area contributed by atoms with E-state index in [0.717, 1.165) is 17.9 Å². The molecule has 0 spiro atoms. The highest BCUT2D eigenvalue weighted by atomic mass is 127. The Morgan fingerprint density at radius 3 is 2.29 bits per heavy atom. The van der Waals surface area contributed by atoms with Gasteiger partial charge in [0.1, 0.15) is 5.75 Å². The predicted octanol–water partition coefficient (Wildman–Crippen LogP) is 4.31. The Balaban J connectivity index is 0.00000288. The van der Waals surface area contributed by atoms with E-state index < -0.39 is 0 Å². The number of nitrogens with one attached hydrogen (secondary N) is 1. The van der Waals surface area contributed by atoms with Gasteiger partial charge in [0, 0.05) is 12.2 Å². The second kappa shape index (κ2) is 9.52. The van der Waals surface area contributed by atoms with Crippen LogP contribution in [0.25, 0.3) is 0 Å². The number of rotatable bonds is 6. The van der Waals surface area contributed by atoms with E-state index in [1.807, 2.05) is 30.3 Å². The lowest BCUT2D eigenvalue weighted by Crippen LogP contribution is -2.26. The van der Waals surface area contributed by atoms with E-state index in [2.05, 4.69) is 48.4 Å². The number of hydrogen-bond acceptors (Lipinski definition) is 2. The molecule has 0 amide bonds. The lowest BCUT2D eigenvalue weighted by atomic mass is 9.86. The number of halogens is 1. The van der Waals surface area contributed by atoms with Gasteiger partial charge in [0.2, 0.25) is 0 Å². The van der Waals surface area contributed by atoms with E-state index in [1.165, 1.54) is 5.56 Å². The Morgan fingerprint density at radius 1 is 1.08 bits per heavy atom. The molecule has 130 valence electrons. The molecule has 0 saturated carbocycles. The third kappa shape index (κ3) is 6.78. The molecule has 0 bridgehead atoms. The molecule has 0 radical (unpaired) electrons. The summed E-state index contributed by atoms with van der Waals surface area (Å²) in [6.45, 7) is 5.06. The smallest absolute Gasteiger partial charge is 0.193 e. The molecule has 0 heterocycles. The lowest BCUT2D eigenvalue weighted by Gasteiger charge is -2.22. The summed E-state index contributed by atoms with van der Waals surface area (Å²) in [6.07, 6.45) is 0.965. The monoisotopic (exact) mass is 439 g/mol. The van der Waals surface area contributed by atoms with Crippen LogP contribution >= 0.6 is 24.0 Å². The SMILES string of the molecule is COc1ccc(NC(N)=NCC(C)(C)Cc2ccccc2)cc1.I. The van der Waals surface area contributed by atoms with Crippen LogP contribution in [0.5, 0.6) is 5.75 Å². The average Bonchev–Trinajstić information content (AvgIpc) is 2.54. The van der Waals surface area contributed by atoms with Crippen LogP contribution in [0.15, 0.2) is 59.6 Å². The largest absolute Gasteiger partial charge is 0.497 e. The fourth-order valence-corrected chi connectivity index (χ4v) is 2.37. The highest BCUT2D eigenvalue weighted by Crippen LogP contribution is 2.22. The predicted molar refractivity (Wildman–Crippen MR) is 112 cm³/mol. The van der Waals surface area contributed by atoms with Crippen molar-refractivity contribution in [3.8, 4) is 5.75 Å². The van der Waals surface area contributed by atoms with Gasteiger partial charge in [-0.05, 0) is 41.7 Å². The molecule has 2 aromatic carbocycles. The fraction of sp³-hybridized carbons (Fsp3) is 0.316. The first-order valence-electron chi connectivity index (χ1n) is 7.73. The summed E-state index contributed by atoms with van der Waals surface area (Å²) in [4.78, 5) is 4.48. The van der Waals surface area contributed by atoms with Gasteiger partial charge >= 0.3 is 0 Å².